The minimum absolute atomic E-state index is 0.0132. The molecule has 0 saturated carbocycles. The number of imidazole rings is 2. The van der Waals surface area contributed by atoms with Gasteiger partial charge < -0.3 is 18.6 Å². The number of nitrogens with one attached hydrogen (secondary N) is 1. The number of hydrogen-bond donors (Lipinski definition) is 2. The van der Waals surface area contributed by atoms with Crippen LogP contribution in [0.2, 0.25) is 0 Å². The molecule has 2 aromatic carbocycles. The molecule has 5 aromatic heterocycles. The van der Waals surface area contributed by atoms with E-state index in [1.807, 2.05) is 0 Å². The highest BCUT2D eigenvalue weighted by Gasteiger charge is 2.31. The maximum absolute atomic E-state index is 13.1. The van der Waals surface area contributed by atoms with Gasteiger partial charge in [0.2, 0.25) is 0 Å². The molecule has 0 radical (unpaired) electrons. The van der Waals surface area contributed by atoms with Crippen molar-refractivity contribution in [2.75, 3.05) is 31.6 Å². The molecule has 0 spiro atoms. The summed E-state index contributed by atoms with van der Waals surface area (Å²) in [5, 5.41) is 12.4. The first kappa shape index (κ1) is 38.2. The number of carbonyl (C=O) groups excluding carboxylic acids is 1. The van der Waals surface area contributed by atoms with Crippen LogP contribution in [0.5, 0.6) is 0 Å². The van der Waals surface area contributed by atoms with Crippen LogP contribution in [0.3, 0.4) is 0 Å². The van der Waals surface area contributed by atoms with Crippen LogP contribution in [-0.4, -0.2) is 71.9 Å². The standard InChI is InChI=1S/C23H20F3N5O2S.C15H9F3N2O2/c24-23(25,26)16-4-1-3-15(11-16)19-14-31-6-2-5-18(20(31)28-19)21(32)29-22-27-12-17(34-22)13-30-7-9-33-10-8-30;16-15(17,18)10-4-1-3-9(7-10)12-8-20-6-2-5-11(14(21)22)13(20)19-12/h1-6,11-12,14H,7-10,13H2,(H,27,29,32);1-8H,(H,21,22). The number of benzene rings is 2. The Morgan fingerprint density at radius 2 is 1.30 bits per heavy atom. The van der Waals surface area contributed by atoms with E-state index in [1.165, 1.54) is 52.3 Å². The van der Waals surface area contributed by atoms with Crippen LogP contribution >= 0.6 is 11.3 Å². The third kappa shape index (κ3) is 8.56. The van der Waals surface area contributed by atoms with Crippen molar-refractivity contribution in [2.45, 2.75) is 18.9 Å². The zero-order chi connectivity index (χ0) is 39.6. The van der Waals surface area contributed by atoms with Crippen molar-refractivity contribution >= 4 is 39.6 Å². The van der Waals surface area contributed by atoms with E-state index in [0.29, 0.717) is 40.8 Å². The summed E-state index contributed by atoms with van der Waals surface area (Å²) in [5.74, 6) is -1.54. The van der Waals surface area contributed by atoms with Gasteiger partial charge in [-0.2, -0.15) is 26.3 Å². The van der Waals surface area contributed by atoms with E-state index in [1.54, 1.807) is 47.4 Å². The van der Waals surface area contributed by atoms with Gasteiger partial charge >= 0.3 is 18.3 Å². The van der Waals surface area contributed by atoms with Crippen molar-refractivity contribution in [1.82, 2.24) is 28.7 Å². The number of nitrogens with zero attached hydrogens (tertiary/aromatic N) is 6. The van der Waals surface area contributed by atoms with E-state index in [0.717, 1.165) is 48.8 Å². The van der Waals surface area contributed by atoms with Gasteiger partial charge in [0.05, 0.1) is 41.3 Å². The Kier molecular flexibility index (Phi) is 10.6. The number of fused-ring (bicyclic) bond motifs is 2. The Hall–Kier alpha value is -6.11. The van der Waals surface area contributed by atoms with Crippen LogP contribution in [0.1, 0.15) is 36.7 Å². The maximum atomic E-state index is 13.1. The maximum Gasteiger partial charge on any atom is 0.416 e. The van der Waals surface area contributed by atoms with Crippen molar-refractivity contribution in [3.05, 3.63) is 131 Å². The summed E-state index contributed by atoms with van der Waals surface area (Å²) in [6.45, 7) is 3.87. The average molecular weight is 794 g/mol. The molecule has 56 heavy (non-hydrogen) atoms. The molecule has 1 aliphatic rings. The van der Waals surface area contributed by atoms with Crippen LogP contribution in [0.15, 0.2) is 104 Å². The number of thiazole rings is 1. The number of hydrogen-bond acceptors (Lipinski definition) is 8. The lowest BCUT2D eigenvalue weighted by atomic mass is 10.1. The van der Waals surface area contributed by atoms with E-state index in [-0.39, 0.29) is 28.4 Å². The van der Waals surface area contributed by atoms with Crippen LogP contribution in [0.4, 0.5) is 31.5 Å². The fourth-order valence-electron chi connectivity index (χ4n) is 5.94. The summed E-state index contributed by atoms with van der Waals surface area (Å²) in [4.78, 5) is 40.3. The molecule has 11 nitrogen and oxygen atoms in total. The molecule has 1 amide bonds. The third-order valence-corrected chi connectivity index (χ3v) is 9.57. The number of ether oxygens (including phenoxy) is 1. The van der Waals surface area contributed by atoms with E-state index in [2.05, 4.69) is 25.2 Å². The number of morpholine rings is 1. The molecule has 0 aliphatic carbocycles. The molecule has 288 valence electrons. The number of carboxylic acids is 1. The number of aromatic nitrogens is 5. The van der Waals surface area contributed by atoms with Crippen LogP contribution in [0.25, 0.3) is 33.8 Å². The molecule has 18 heteroatoms. The van der Waals surface area contributed by atoms with Gasteiger partial charge in [-0.25, -0.2) is 19.7 Å². The Morgan fingerprint density at radius 3 is 1.84 bits per heavy atom. The second-order valence-electron chi connectivity index (χ2n) is 12.5. The number of rotatable bonds is 7. The molecule has 1 aliphatic heterocycles. The molecule has 1 fully saturated rings. The molecule has 0 unspecified atom stereocenters. The largest absolute Gasteiger partial charge is 0.478 e. The minimum Gasteiger partial charge on any atom is -0.478 e. The van der Waals surface area contributed by atoms with Gasteiger partial charge in [0, 0.05) is 66.6 Å². The van der Waals surface area contributed by atoms with E-state index in [9.17, 15) is 35.9 Å². The van der Waals surface area contributed by atoms with Crippen LogP contribution < -0.4 is 5.32 Å². The smallest absolute Gasteiger partial charge is 0.416 e. The van der Waals surface area contributed by atoms with Crippen LogP contribution in [-0.2, 0) is 23.6 Å². The molecule has 1 saturated heterocycles. The van der Waals surface area contributed by atoms with Gasteiger partial charge in [-0.3, -0.25) is 15.0 Å². The number of anilines is 1. The molecular formula is C38H29F6N7O4S. The Labute approximate surface area is 317 Å². The first-order chi connectivity index (χ1) is 26.7. The molecule has 2 N–H and O–H groups in total. The Morgan fingerprint density at radius 1 is 0.768 bits per heavy atom. The van der Waals surface area contributed by atoms with Gasteiger partial charge in [-0.1, -0.05) is 24.3 Å². The highest BCUT2D eigenvalue weighted by Crippen LogP contribution is 2.34. The lowest BCUT2D eigenvalue weighted by Gasteiger charge is -2.25. The number of halogens is 6. The van der Waals surface area contributed by atoms with Crippen molar-refractivity contribution in [3.8, 4) is 22.5 Å². The number of carboxylic acid groups (broad SMARTS) is 1. The van der Waals surface area contributed by atoms with Gasteiger partial charge in [0.15, 0.2) is 10.8 Å². The number of alkyl halides is 6. The fraction of sp³-hybridized carbons (Fsp3) is 0.184. The summed E-state index contributed by atoms with van der Waals surface area (Å²) in [5.41, 5.74) is 0.490. The topological polar surface area (TPSA) is 126 Å². The van der Waals surface area contributed by atoms with Gasteiger partial charge in [-0.15, -0.1) is 11.3 Å². The second-order valence-corrected chi connectivity index (χ2v) is 13.6. The molecule has 0 atom stereocenters. The molecule has 7 aromatic rings. The van der Waals surface area contributed by atoms with Crippen molar-refractivity contribution in [1.29, 1.82) is 0 Å². The molecule has 6 heterocycles. The number of carbonyl (C=O) groups is 2. The summed E-state index contributed by atoms with van der Waals surface area (Å²) in [6.07, 6.45) is -0.762. The highest BCUT2D eigenvalue weighted by atomic mass is 32.1. The normalized spacial score (nSPS) is 13.8. The van der Waals surface area contributed by atoms with Gasteiger partial charge in [0.1, 0.15) is 11.2 Å². The second kappa shape index (κ2) is 15.6. The Bertz CT molecular complexity index is 2540. The summed E-state index contributed by atoms with van der Waals surface area (Å²) < 4.78 is 86.0. The van der Waals surface area contributed by atoms with Gasteiger partial charge in [0.25, 0.3) is 5.91 Å². The third-order valence-electron chi connectivity index (χ3n) is 8.67. The Balaban J connectivity index is 0.000000189. The average Bonchev–Trinajstić information content (AvgIpc) is 3.93. The molecular weight excluding hydrogens is 765 g/mol. The van der Waals surface area contributed by atoms with Crippen molar-refractivity contribution in [3.63, 3.8) is 0 Å². The van der Waals surface area contributed by atoms with Crippen LogP contribution in [0, 0.1) is 0 Å². The first-order valence-corrected chi connectivity index (χ1v) is 17.6. The molecule has 0 bridgehead atoms. The SMILES string of the molecule is O=C(Nc1ncc(CN2CCOCC2)s1)c1cccn2cc(-c3cccc(C(F)(F)F)c3)nc12.O=C(O)c1cccn2cc(-c3cccc(C(F)(F)F)c3)nc12. The zero-order valence-corrected chi connectivity index (χ0v) is 29.7. The van der Waals surface area contributed by atoms with Crippen molar-refractivity contribution in [2.24, 2.45) is 0 Å². The quantitative estimate of drug-likeness (QED) is 0.155. The van der Waals surface area contributed by atoms with Crippen molar-refractivity contribution < 1.29 is 45.8 Å². The molecule has 8 rings (SSSR count). The summed E-state index contributed by atoms with van der Waals surface area (Å²) in [6, 6.07) is 15.9. The fourth-order valence-corrected chi connectivity index (χ4v) is 6.79. The summed E-state index contributed by atoms with van der Waals surface area (Å²) >= 11 is 1.40. The van der Waals surface area contributed by atoms with E-state index < -0.39 is 29.4 Å². The first-order valence-electron chi connectivity index (χ1n) is 16.8. The monoisotopic (exact) mass is 793 g/mol. The van der Waals surface area contributed by atoms with E-state index >= 15 is 0 Å². The van der Waals surface area contributed by atoms with Gasteiger partial charge in [-0.05, 0) is 48.5 Å². The lowest BCUT2D eigenvalue weighted by Crippen LogP contribution is -2.35. The van der Waals surface area contributed by atoms with E-state index in [4.69, 9.17) is 9.84 Å². The number of pyridine rings is 2. The number of aromatic carboxylic acids is 1. The number of amides is 1. The highest BCUT2D eigenvalue weighted by molar-refractivity contribution is 7.15. The zero-order valence-electron chi connectivity index (χ0n) is 28.9. The summed E-state index contributed by atoms with van der Waals surface area (Å²) in [7, 11) is 0. The minimum atomic E-state index is -4.45. The predicted molar refractivity (Wildman–Crippen MR) is 194 cm³/mol. The lowest BCUT2D eigenvalue weighted by molar-refractivity contribution is -0.138. The predicted octanol–water partition coefficient (Wildman–Crippen LogP) is 8.28.